The summed E-state index contributed by atoms with van der Waals surface area (Å²) in [6, 6.07) is 10.3. The van der Waals surface area contributed by atoms with Crippen LogP contribution in [0.3, 0.4) is 0 Å². The maximum atomic E-state index is 14.5. The Morgan fingerprint density at radius 2 is 2.00 bits per heavy atom. The largest absolute Gasteiger partial charge is 0.305 e. The molecule has 122 valence electrons. The van der Waals surface area contributed by atoms with Crippen LogP contribution >= 0.6 is 0 Å². The summed E-state index contributed by atoms with van der Waals surface area (Å²) in [6.45, 7) is 2.49. The molecule has 1 saturated carbocycles. The van der Waals surface area contributed by atoms with Gasteiger partial charge in [0.2, 0.25) is 0 Å². The molecule has 1 fully saturated rings. The SMILES string of the molecule is CC1(NCC2(c3ccccc3)CC2)CC=C(C(=O)NO)C=C1F. The Morgan fingerprint density at radius 3 is 2.57 bits per heavy atom. The zero-order valence-electron chi connectivity index (χ0n) is 13.1. The fraction of sp³-hybridized carbons (Fsp3) is 0.389. The smallest absolute Gasteiger partial charge is 0.274 e. The highest BCUT2D eigenvalue weighted by Gasteiger charge is 2.45. The van der Waals surface area contributed by atoms with Gasteiger partial charge in [-0.3, -0.25) is 10.0 Å². The fourth-order valence-corrected chi connectivity index (χ4v) is 3.02. The lowest BCUT2D eigenvalue weighted by molar-refractivity contribution is -0.125. The van der Waals surface area contributed by atoms with E-state index in [-0.39, 0.29) is 16.8 Å². The van der Waals surface area contributed by atoms with Crippen molar-refractivity contribution in [3.8, 4) is 0 Å². The molecule has 0 aromatic heterocycles. The lowest BCUT2D eigenvalue weighted by atomic mass is 9.87. The summed E-state index contributed by atoms with van der Waals surface area (Å²) in [5.41, 5.74) is 2.24. The van der Waals surface area contributed by atoms with Crippen molar-refractivity contribution in [1.29, 1.82) is 0 Å². The van der Waals surface area contributed by atoms with Crippen LogP contribution in [0.4, 0.5) is 4.39 Å². The second kappa shape index (κ2) is 5.91. The number of carbonyl (C=O) groups is 1. The molecule has 1 aromatic carbocycles. The molecule has 2 aliphatic carbocycles. The molecular formula is C18H21FN2O2. The van der Waals surface area contributed by atoms with Gasteiger partial charge < -0.3 is 5.32 Å². The van der Waals surface area contributed by atoms with Crippen molar-refractivity contribution < 1.29 is 14.4 Å². The number of benzene rings is 1. The van der Waals surface area contributed by atoms with E-state index in [1.807, 2.05) is 18.2 Å². The fourth-order valence-electron chi connectivity index (χ4n) is 3.02. The minimum absolute atomic E-state index is 0.0943. The van der Waals surface area contributed by atoms with E-state index in [4.69, 9.17) is 5.21 Å². The molecule has 0 aliphatic heterocycles. The third kappa shape index (κ3) is 3.07. The van der Waals surface area contributed by atoms with E-state index >= 15 is 0 Å². The molecule has 3 N–H and O–H groups in total. The molecule has 0 bridgehead atoms. The van der Waals surface area contributed by atoms with Gasteiger partial charge in [-0.15, -0.1) is 0 Å². The van der Waals surface area contributed by atoms with Gasteiger partial charge in [0, 0.05) is 17.5 Å². The van der Waals surface area contributed by atoms with Crippen LogP contribution in [0.5, 0.6) is 0 Å². The average Bonchev–Trinajstić information content (AvgIpc) is 3.37. The Labute approximate surface area is 135 Å². The second-order valence-corrected chi connectivity index (χ2v) is 6.63. The van der Waals surface area contributed by atoms with Crippen molar-refractivity contribution in [3.63, 3.8) is 0 Å². The topological polar surface area (TPSA) is 61.4 Å². The molecular weight excluding hydrogens is 295 g/mol. The zero-order valence-corrected chi connectivity index (χ0v) is 13.1. The summed E-state index contributed by atoms with van der Waals surface area (Å²) in [4.78, 5) is 11.4. The Morgan fingerprint density at radius 1 is 1.30 bits per heavy atom. The molecule has 0 heterocycles. The van der Waals surface area contributed by atoms with Gasteiger partial charge in [0.1, 0.15) is 5.83 Å². The standard InChI is InChI=1S/C18H21FN2O2/c1-17(8-7-13(11-15(17)19)16(22)21-23)20-12-18(9-10-18)14-5-3-2-4-6-14/h2-7,11,20,23H,8-10,12H2,1H3,(H,21,22). The molecule has 5 heteroatoms. The first-order chi connectivity index (χ1) is 11.0. The predicted octanol–water partition coefficient (Wildman–Crippen LogP) is 2.76. The van der Waals surface area contributed by atoms with Gasteiger partial charge in [0.05, 0.1) is 5.54 Å². The van der Waals surface area contributed by atoms with Gasteiger partial charge >= 0.3 is 0 Å². The third-order valence-electron chi connectivity index (χ3n) is 4.96. The lowest BCUT2D eigenvalue weighted by Gasteiger charge is -2.33. The van der Waals surface area contributed by atoms with Gasteiger partial charge in [-0.2, -0.15) is 0 Å². The number of hydroxylamine groups is 1. The second-order valence-electron chi connectivity index (χ2n) is 6.63. The van der Waals surface area contributed by atoms with E-state index in [2.05, 4.69) is 17.4 Å². The normalized spacial score (nSPS) is 25.3. The first-order valence-electron chi connectivity index (χ1n) is 7.82. The van der Waals surface area contributed by atoms with Crippen molar-refractivity contribution in [1.82, 2.24) is 10.8 Å². The molecule has 3 rings (SSSR count). The minimum atomic E-state index is -0.816. The van der Waals surface area contributed by atoms with E-state index in [1.54, 1.807) is 13.0 Å². The highest BCUT2D eigenvalue weighted by molar-refractivity contribution is 5.95. The van der Waals surface area contributed by atoms with Crippen LogP contribution in [-0.2, 0) is 10.2 Å². The van der Waals surface area contributed by atoms with E-state index < -0.39 is 11.4 Å². The maximum Gasteiger partial charge on any atom is 0.274 e. The van der Waals surface area contributed by atoms with Crippen molar-refractivity contribution in [2.45, 2.75) is 37.1 Å². The molecule has 0 radical (unpaired) electrons. The molecule has 1 unspecified atom stereocenters. The first-order valence-corrected chi connectivity index (χ1v) is 7.82. The third-order valence-corrected chi connectivity index (χ3v) is 4.96. The van der Waals surface area contributed by atoms with Crippen molar-refractivity contribution in [2.24, 2.45) is 0 Å². The van der Waals surface area contributed by atoms with Gasteiger partial charge in [-0.25, -0.2) is 9.87 Å². The maximum absolute atomic E-state index is 14.5. The van der Waals surface area contributed by atoms with Gasteiger partial charge in [0.25, 0.3) is 5.91 Å². The molecule has 1 aromatic rings. The number of halogens is 1. The summed E-state index contributed by atoms with van der Waals surface area (Å²) >= 11 is 0. The predicted molar refractivity (Wildman–Crippen MR) is 85.6 cm³/mol. The summed E-state index contributed by atoms with van der Waals surface area (Å²) in [7, 11) is 0. The number of hydrogen-bond donors (Lipinski definition) is 3. The monoisotopic (exact) mass is 316 g/mol. The quantitative estimate of drug-likeness (QED) is 0.578. The first kappa shape index (κ1) is 15.9. The summed E-state index contributed by atoms with van der Waals surface area (Å²) in [5.74, 6) is -1.08. The Bertz CT molecular complexity index is 665. The molecule has 4 nitrogen and oxygen atoms in total. The number of carbonyl (C=O) groups excluding carboxylic acids is 1. The van der Waals surface area contributed by atoms with Crippen molar-refractivity contribution >= 4 is 5.91 Å². The van der Waals surface area contributed by atoms with Crippen LogP contribution in [0.1, 0.15) is 31.7 Å². The van der Waals surface area contributed by atoms with E-state index in [1.165, 1.54) is 17.1 Å². The molecule has 2 aliphatic rings. The highest BCUT2D eigenvalue weighted by atomic mass is 19.1. The molecule has 0 saturated heterocycles. The van der Waals surface area contributed by atoms with E-state index in [0.717, 1.165) is 12.8 Å². The highest BCUT2D eigenvalue weighted by Crippen LogP contribution is 2.48. The van der Waals surface area contributed by atoms with E-state index in [9.17, 15) is 9.18 Å². The van der Waals surface area contributed by atoms with Crippen molar-refractivity contribution in [2.75, 3.05) is 6.54 Å². The van der Waals surface area contributed by atoms with Crippen LogP contribution in [0.25, 0.3) is 0 Å². The zero-order chi connectivity index (χ0) is 16.5. The van der Waals surface area contributed by atoms with Gasteiger partial charge in [-0.05, 0) is 37.8 Å². The molecule has 1 atom stereocenters. The van der Waals surface area contributed by atoms with Gasteiger partial charge in [-0.1, -0.05) is 36.4 Å². The average molecular weight is 316 g/mol. The summed E-state index contributed by atoms with van der Waals surface area (Å²) in [6.07, 6.45) is 5.38. The summed E-state index contributed by atoms with van der Waals surface area (Å²) < 4.78 is 14.5. The van der Waals surface area contributed by atoms with Crippen LogP contribution in [0.2, 0.25) is 0 Å². The van der Waals surface area contributed by atoms with Crippen LogP contribution in [0.15, 0.2) is 53.9 Å². The van der Waals surface area contributed by atoms with Crippen LogP contribution in [0, 0.1) is 0 Å². The Balaban J connectivity index is 1.69. The van der Waals surface area contributed by atoms with Crippen LogP contribution < -0.4 is 10.8 Å². The van der Waals surface area contributed by atoms with Crippen molar-refractivity contribution in [3.05, 3.63) is 59.4 Å². The molecule has 23 heavy (non-hydrogen) atoms. The molecule has 0 spiro atoms. The Hall–Kier alpha value is -1.98. The lowest BCUT2D eigenvalue weighted by Crippen LogP contribution is -2.47. The van der Waals surface area contributed by atoms with E-state index in [0.29, 0.717) is 13.0 Å². The van der Waals surface area contributed by atoms with Gasteiger partial charge in [0.15, 0.2) is 0 Å². The number of nitrogens with one attached hydrogen (secondary N) is 2. The minimum Gasteiger partial charge on any atom is -0.305 e. The number of hydrogen-bond acceptors (Lipinski definition) is 3. The molecule has 1 amide bonds. The number of amides is 1. The Kier molecular flexibility index (Phi) is 4.08. The summed E-state index contributed by atoms with van der Waals surface area (Å²) in [5, 5.41) is 12.0. The van der Waals surface area contributed by atoms with Crippen LogP contribution in [-0.4, -0.2) is 23.2 Å². The number of rotatable bonds is 5.